The Balaban J connectivity index is 1.92. The molecule has 1 fully saturated rings. The first kappa shape index (κ1) is 18.1. The lowest BCUT2D eigenvalue weighted by Gasteiger charge is -2.22. The Bertz CT molecular complexity index is 800. The van der Waals surface area contributed by atoms with Crippen LogP contribution in [0, 0.1) is 12.3 Å². The molecule has 1 aliphatic rings. The van der Waals surface area contributed by atoms with Crippen molar-refractivity contribution in [3.05, 3.63) is 45.7 Å². The molecule has 25 heavy (non-hydrogen) atoms. The van der Waals surface area contributed by atoms with Gasteiger partial charge in [0.15, 0.2) is 4.80 Å². The normalized spacial score (nSPS) is 17.0. The number of aromatic nitrogens is 1. The third kappa shape index (κ3) is 4.30. The molecule has 3 rings (SSSR count). The molecule has 0 atom stereocenters. The monoisotopic (exact) mass is 356 g/mol. The van der Waals surface area contributed by atoms with E-state index in [4.69, 9.17) is 0 Å². The van der Waals surface area contributed by atoms with Crippen molar-refractivity contribution in [2.24, 2.45) is 10.4 Å². The molecule has 3 nitrogen and oxygen atoms in total. The van der Waals surface area contributed by atoms with Gasteiger partial charge in [-0.2, -0.15) is 4.99 Å². The number of amides is 1. The number of carbonyl (C=O) groups excluding carboxylic acids is 1. The largest absolute Gasteiger partial charge is 0.292 e. The minimum atomic E-state index is -0.458. The first-order chi connectivity index (χ1) is 11.8. The highest BCUT2D eigenvalue weighted by Gasteiger charge is 2.21. The molecule has 0 spiro atoms. The maximum Gasteiger partial charge on any atom is 0.253 e. The van der Waals surface area contributed by atoms with Gasteiger partial charge in [-0.3, -0.25) is 9.36 Å². The molecule has 4 heteroatoms. The molecule has 1 heterocycles. The van der Waals surface area contributed by atoms with Crippen LogP contribution >= 0.6 is 11.3 Å². The van der Waals surface area contributed by atoms with E-state index in [0.29, 0.717) is 5.92 Å². The van der Waals surface area contributed by atoms with E-state index >= 15 is 0 Å². The Kier molecular flexibility index (Phi) is 5.28. The van der Waals surface area contributed by atoms with Crippen LogP contribution in [0.3, 0.4) is 0 Å². The van der Waals surface area contributed by atoms with Crippen LogP contribution in [0.1, 0.15) is 69.2 Å². The lowest BCUT2D eigenvalue weighted by molar-refractivity contribution is -0.125. The summed E-state index contributed by atoms with van der Waals surface area (Å²) >= 11 is 1.56. The van der Waals surface area contributed by atoms with Crippen molar-refractivity contribution >= 4 is 17.2 Å². The summed E-state index contributed by atoms with van der Waals surface area (Å²) in [6, 6.07) is 8.83. The van der Waals surface area contributed by atoms with Gasteiger partial charge < -0.3 is 0 Å². The minimum Gasteiger partial charge on any atom is -0.292 e. The average molecular weight is 357 g/mol. The Morgan fingerprint density at radius 3 is 2.36 bits per heavy atom. The molecule has 2 aromatic rings. The summed E-state index contributed by atoms with van der Waals surface area (Å²) in [7, 11) is 0. The Labute approximate surface area is 154 Å². The van der Waals surface area contributed by atoms with Gasteiger partial charge in [0.1, 0.15) is 0 Å². The van der Waals surface area contributed by atoms with Crippen molar-refractivity contribution in [2.45, 2.75) is 65.7 Å². The van der Waals surface area contributed by atoms with Gasteiger partial charge in [-0.1, -0.05) is 52.2 Å². The first-order valence-corrected chi connectivity index (χ1v) is 10.0. The second-order valence-electron chi connectivity index (χ2n) is 8.09. The summed E-state index contributed by atoms with van der Waals surface area (Å²) in [6.45, 7) is 7.77. The molecule has 1 aromatic carbocycles. The molecule has 1 aromatic heterocycles. The second-order valence-corrected chi connectivity index (χ2v) is 9.30. The molecule has 1 saturated carbocycles. The van der Waals surface area contributed by atoms with E-state index in [1.54, 1.807) is 11.3 Å². The lowest BCUT2D eigenvalue weighted by Crippen LogP contribution is -2.22. The number of hydrogen-bond donors (Lipinski definition) is 0. The molecular formula is C21H28N2OS. The standard InChI is InChI=1S/C21H28N2OS/c1-15-14-23(20(25-15)22-19(24)21(2,3)4)18-12-10-17(11-13-18)16-8-6-5-7-9-16/h10-14,16H,5-9H2,1-4H3. The van der Waals surface area contributed by atoms with Crippen molar-refractivity contribution in [3.63, 3.8) is 0 Å². The topological polar surface area (TPSA) is 34.4 Å². The summed E-state index contributed by atoms with van der Waals surface area (Å²) in [5, 5.41) is 0. The van der Waals surface area contributed by atoms with E-state index < -0.39 is 5.41 Å². The predicted molar refractivity (Wildman–Crippen MR) is 104 cm³/mol. The van der Waals surface area contributed by atoms with Gasteiger partial charge in [-0.05, 0) is 43.4 Å². The fraction of sp³-hybridized carbons (Fsp3) is 0.524. The van der Waals surface area contributed by atoms with E-state index in [9.17, 15) is 4.79 Å². The smallest absolute Gasteiger partial charge is 0.253 e. The maximum absolute atomic E-state index is 12.3. The van der Waals surface area contributed by atoms with Crippen molar-refractivity contribution in [2.75, 3.05) is 0 Å². The van der Waals surface area contributed by atoms with Gasteiger partial charge in [0, 0.05) is 22.2 Å². The summed E-state index contributed by atoms with van der Waals surface area (Å²) in [5.41, 5.74) is 2.06. The van der Waals surface area contributed by atoms with Crippen molar-refractivity contribution in [1.29, 1.82) is 0 Å². The summed E-state index contributed by atoms with van der Waals surface area (Å²) < 4.78 is 2.04. The lowest BCUT2D eigenvalue weighted by atomic mass is 9.84. The van der Waals surface area contributed by atoms with Gasteiger partial charge in [0.2, 0.25) is 0 Å². The van der Waals surface area contributed by atoms with Crippen molar-refractivity contribution in [1.82, 2.24) is 4.57 Å². The molecule has 0 bridgehead atoms. The fourth-order valence-corrected chi connectivity index (χ4v) is 4.15. The summed E-state index contributed by atoms with van der Waals surface area (Å²) in [5.74, 6) is 0.630. The van der Waals surface area contributed by atoms with Crippen LogP contribution < -0.4 is 4.80 Å². The van der Waals surface area contributed by atoms with Crippen LogP contribution in [0.15, 0.2) is 35.5 Å². The number of benzene rings is 1. The van der Waals surface area contributed by atoms with Crippen LogP contribution in [-0.2, 0) is 4.79 Å². The van der Waals surface area contributed by atoms with Gasteiger partial charge in [-0.25, -0.2) is 0 Å². The SMILES string of the molecule is Cc1cn(-c2ccc(C3CCCCC3)cc2)c(=NC(=O)C(C)(C)C)s1. The highest BCUT2D eigenvalue weighted by atomic mass is 32.1. The van der Waals surface area contributed by atoms with Gasteiger partial charge >= 0.3 is 0 Å². The number of carbonyl (C=O) groups is 1. The van der Waals surface area contributed by atoms with Crippen LogP contribution in [-0.4, -0.2) is 10.5 Å². The van der Waals surface area contributed by atoms with Gasteiger partial charge in [0.05, 0.1) is 0 Å². The van der Waals surface area contributed by atoms with Crippen LogP contribution in [0.2, 0.25) is 0 Å². The molecule has 1 aliphatic carbocycles. The molecule has 0 N–H and O–H groups in total. The van der Waals surface area contributed by atoms with Crippen molar-refractivity contribution in [3.8, 4) is 5.69 Å². The Morgan fingerprint density at radius 1 is 1.12 bits per heavy atom. The van der Waals surface area contributed by atoms with E-state index in [-0.39, 0.29) is 5.91 Å². The van der Waals surface area contributed by atoms with Gasteiger partial charge in [-0.15, -0.1) is 11.3 Å². The number of thiazole rings is 1. The second kappa shape index (κ2) is 7.28. The molecular weight excluding hydrogens is 328 g/mol. The van der Waals surface area contributed by atoms with E-state index in [2.05, 4.69) is 42.4 Å². The number of rotatable bonds is 2. The Hall–Kier alpha value is -1.68. The molecule has 1 amide bonds. The molecule has 0 saturated heterocycles. The first-order valence-electron chi connectivity index (χ1n) is 9.23. The molecule has 134 valence electrons. The summed E-state index contributed by atoms with van der Waals surface area (Å²) in [4.78, 5) is 18.6. The highest BCUT2D eigenvalue weighted by Crippen LogP contribution is 2.32. The predicted octanol–water partition coefficient (Wildman–Crippen LogP) is 5.37. The zero-order valence-corrected chi connectivity index (χ0v) is 16.5. The number of hydrogen-bond acceptors (Lipinski definition) is 2. The van der Waals surface area contributed by atoms with Crippen LogP contribution in [0.5, 0.6) is 0 Å². The van der Waals surface area contributed by atoms with Gasteiger partial charge in [0.25, 0.3) is 5.91 Å². The zero-order valence-electron chi connectivity index (χ0n) is 15.7. The zero-order chi connectivity index (χ0) is 18.0. The molecule has 0 radical (unpaired) electrons. The van der Waals surface area contributed by atoms with Crippen LogP contribution in [0.25, 0.3) is 5.69 Å². The quantitative estimate of drug-likeness (QED) is 0.712. The minimum absolute atomic E-state index is 0.0816. The molecule has 0 unspecified atom stereocenters. The summed E-state index contributed by atoms with van der Waals surface area (Å²) in [6.07, 6.45) is 8.77. The van der Waals surface area contributed by atoms with Crippen molar-refractivity contribution < 1.29 is 4.79 Å². The highest BCUT2D eigenvalue weighted by molar-refractivity contribution is 7.09. The third-order valence-corrected chi connectivity index (χ3v) is 5.75. The van der Waals surface area contributed by atoms with E-state index in [1.165, 1.54) is 37.7 Å². The Morgan fingerprint density at radius 2 is 1.76 bits per heavy atom. The number of nitrogens with zero attached hydrogens (tertiary/aromatic N) is 2. The molecule has 0 aliphatic heterocycles. The number of aryl methyl sites for hydroxylation is 1. The van der Waals surface area contributed by atoms with Crippen LogP contribution in [0.4, 0.5) is 0 Å². The van der Waals surface area contributed by atoms with E-state index in [0.717, 1.165) is 15.4 Å². The van der Waals surface area contributed by atoms with E-state index in [1.807, 2.05) is 25.3 Å². The average Bonchev–Trinajstić information content (AvgIpc) is 2.95. The maximum atomic E-state index is 12.3. The third-order valence-electron chi connectivity index (χ3n) is 4.86. The fourth-order valence-electron chi connectivity index (χ4n) is 3.32.